The topological polar surface area (TPSA) is 27.7 Å². The Morgan fingerprint density at radius 3 is 0.900 bits per heavy atom. The van der Waals surface area contributed by atoms with Crippen LogP contribution in [0.5, 0.6) is 17.2 Å². The van der Waals surface area contributed by atoms with Crippen LogP contribution >= 0.6 is 7.26 Å². The van der Waals surface area contributed by atoms with Crippen LogP contribution in [0.4, 0.5) is 0 Å². The molecule has 0 aliphatic rings. The molecule has 0 saturated heterocycles. The van der Waals surface area contributed by atoms with E-state index in [-0.39, 0.29) is 0 Å². The standard InChI is InChI=1S/C46H88O3P/c1-7-10-13-16-19-22-25-28-31-34-37-47-44-40-43(42-50(4,5)6)41-45(48-38-35-32-29-26-23-20-17-14-11-8-2)46(44)49-39-36-33-30-27-24-21-18-15-12-9-3/h40-41H,7-39,42H2,1-6H3/q+1. The third kappa shape index (κ3) is 28.6. The number of hydrogen-bond acceptors (Lipinski definition) is 3. The molecular weight excluding hydrogens is 631 g/mol. The van der Waals surface area contributed by atoms with Gasteiger partial charge in [0.15, 0.2) is 11.5 Å². The maximum absolute atomic E-state index is 6.59. The Morgan fingerprint density at radius 2 is 0.620 bits per heavy atom. The lowest BCUT2D eigenvalue weighted by molar-refractivity contribution is 0.234. The van der Waals surface area contributed by atoms with Gasteiger partial charge in [0.2, 0.25) is 5.75 Å². The van der Waals surface area contributed by atoms with Crippen molar-refractivity contribution in [2.24, 2.45) is 0 Å². The van der Waals surface area contributed by atoms with Gasteiger partial charge in [-0.05, 0) is 37.0 Å². The fourth-order valence-electron chi connectivity index (χ4n) is 6.93. The predicted octanol–water partition coefficient (Wildman–Crippen LogP) is 16.0. The maximum atomic E-state index is 6.59. The Bertz CT molecular complexity index is 816. The van der Waals surface area contributed by atoms with E-state index in [1.807, 2.05) is 0 Å². The first-order valence-corrected chi connectivity index (χ1v) is 25.6. The zero-order chi connectivity index (χ0) is 36.4. The van der Waals surface area contributed by atoms with Crippen LogP contribution in [0, 0.1) is 0 Å². The van der Waals surface area contributed by atoms with Gasteiger partial charge in [-0.1, -0.05) is 194 Å². The molecule has 0 unspecified atom stereocenters. The van der Waals surface area contributed by atoms with Gasteiger partial charge in [0.1, 0.15) is 0 Å². The SMILES string of the molecule is CCCCCCCCCCCCOc1cc(C[P+](C)(C)C)cc(OCCCCCCCCCCCC)c1OCCCCCCCCCCCC. The summed E-state index contributed by atoms with van der Waals surface area (Å²) in [5, 5.41) is 0. The Kier molecular flexibility index (Phi) is 31.9. The van der Waals surface area contributed by atoms with Crippen molar-refractivity contribution in [2.75, 3.05) is 39.8 Å². The van der Waals surface area contributed by atoms with E-state index in [0.29, 0.717) is 0 Å². The van der Waals surface area contributed by atoms with Crippen LogP contribution in [0.25, 0.3) is 0 Å². The number of ether oxygens (including phenoxy) is 3. The van der Waals surface area contributed by atoms with E-state index in [9.17, 15) is 0 Å². The Balaban J connectivity index is 2.72. The molecule has 294 valence electrons. The van der Waals surface area contributed by atoms with Gasteiger partial charge >= 0.3 is 0 Å². The van der Waals surface area contributed by atoms with Gasteiger partial charge < -0.3 is 14.2 Å². The van der Waals surface area contributed by atoms with Crippen LogP contribution in [-0.4, -0.2) is 39.8 Å². The Morgan fingerprint density at radius 1 is 0.360 bits per heavy atom. The van der Waals surface area contributed by atoms with Crippen molar-refractivity contribution in [2.45, 2.75) is 220 Å². The average molecular weight is 720 g/mol. The van der Waals surface area contributed by atoms with E-state index in [2.05, 4.69) is 52.9 Å². The summed E-state index contributed by atoms with van der Waals surface area (Å²) in [6, 6.07) is 4.56. The molecule has 0 spiro atoms. The first-order chi connectivity index (χ1) is 24.4. The third-order valence-corrected chi connectivity index (χ3v) is 11.3. The molecule has 0 amide bonds. The first-order valence-electron chi connectivity index (χ1n) is 22.3. The van der Waals surface area contributed by atoms with Crippen LogP contribution in [0.3, 0.4) is 0 Å². The smallest absolute Gasteiger partial charge is 0.203 e. The molecule has 0 heterocycles. The summed E-state index contributed by atoms with van der Waals surface area (Å²) in [6.45, 7) is 16.4. The first kappa shape index (κ1) is 47.1. The average Bonchev–Trinajstić information content (AvgIpc) is 3.08. The lowest BCUT2D eigenvalue weighted by Gasteiger charge is -2.20. The maximum Gasteiger partial charge on any atom is 0.203 e. The van der Waals surface area contributed by atoms with Crippen molar-refractivity contribution in [1.29, 1.82) is 0 Å². The lowest BCUT2D eigenvalue weighted by atomic mass is 10.1. The number of benzene rings is 1. The molecule has 50 heavy (non-hydrogen) atoms. The molecular formula is C46H88O3P+. The van der Waals surface area contributed by atoms with Crippen molar-refractivity contribution < 1.29 is 14.2 Å². The van der Waals surface area contributed by atoms with Crippen molar-refractivity contribution in [1.82, 2.24) is 0 Å². The lowest BCUT2D eigenvalue weighted by Crippen LogP contribution is -2.07. The van der Waals surface area contributed by atoms with E-state index in [4.69, 9.17) is 14.2 Å². The summed E-state index contributed by atoms with van der Waals surface area (Å²) in [4.78, 5) is 0. The summed E-state index contributed by atoms with van der Waals surface area (Å²) < 4.78 is 19.7. The molecule has 1 aromatic rings. The zero-order valence-electron chi connectivity index (χ0n) is 34.9. The molecule has 0 aliphatic carbocycles. The van der Waals surface area contributed by atoms with Gasteiger partial charge in [0, 0.05) is 27.3 Å². The molecule has 4 heteroatoms. The second-order valence-electron chi connectivity index (χ2n) is 16.5. The second kappa shape index (κ2) is 33.9. The largest absolute Gasteiger partial charge is 0.490 e. The van der Waals surface area contributed by atoms with E-state index < -0.39 is 7.26 Å². The van der Waals surface area contributed by atoms with Crippen molar-refractivity contribution in [3.63, 3.8) is 0 Å². The van der Waals surface area contributed by atoms with E-state index in [1.165, 1.54) is 179 Å². The minimum absolute atomic E-state index is 0.741. The molecule has 0 radical (unpaired) electrons. The summed E-state index contributed by atoms with van der Waals surface area (Å²) in [7, 11) is -1.01. The molecule has 0 bridgehead atoms. The second-order valence-corrected chi connectivity index (χ2v) is 21.4. The number of hydrogen-bond donors (Lipinski definition) is 0. The zero-order valence-corrected chi connectivity index (χ0v) is 35.8. The van der Waals surface area contributed by atoms with Crippen molar-refractivity contribution in [3.05, 3.63) is 17.7 Å². The van der Waals surface area contributed by atoms with Gasteiger partial charge in [-0.15, -0.1) is 0 Å². The highest BCUT2D eigenvalue weighted by Crippen LogP contribution is 2.52. The minimum atomic E-state index is -1.01. The van der Waals surface area contributed by atoms with Crippen molar-refractivity contribution in [3.8, 4) is 17.2 Å². The summed E-state index contributed by atoms with van der Waals surface area (Å²) in [5.74, 6) is 2.69. The molecule has 0 N–H and O–H groups in total. The molecule has 0 saturated carbocycles. The number of rotatable bonds is 38. The van der Waals surface area contributed by atoms with Gasteiger partial charge in [0.25, 0.3) is 0 Å². The molecule has 1 rings (SSSR count). The van der Waals surface area contributed by atoms with Crippen LogP contribution < -0.4 is 14.2 Å². The van der Waals surface area contributed by atoms with E-state index >= 15 is 0 Å². The molecule has 1 aromatic carbocycles. The highest BCUT2D eigenvalue weighted by molar-refractivity contribution is 7.72. The summed E-state index contributed by atoms with van der Waals surface area (Å²) >= 11 is 0. The van der Waals surface area contributed by atoms with Gasteiger partial charge in [-0.2, -0.15) is 0 Å². The summed E-state index contributed by atoms with van der Waals surface area (Å²) in [6.07, 6.45) is 41.2. The van der Waals surface area contributed by atoms with Crippen LogP contribution in [0.1, 0.15) is 219 Å². The van der Waals surface area contributed by atoms with Crippen LogP contribution in [-0.2, 0) is 6.16 Å². The molecule has 0 atom stereocenters. The van der Waals surface area contributed by atoms with Gasteiger partial charge in [-0.25, -0.2) is 0 Å². The Labute approximate surface area is 314 Å². The fourth-order valence-corrected chi connectivity index (χ4v) is 8.21. The summed E-state index contributed by atoms with van der Waals surface area (Å²) in [5.41, 5.74) is 1.34. The minimum Gasteiger partial charge on any atom is -0.490 e. The number of unbranched alkanes of at least 4 members (excludes halogenated alkanes) is 27. The predicted molar refractivity (Wildman–Crippen MR) is 227 cm³/mol. The van der Waals surface area contributed by atoms with E-state index in [0.717, 1.165) is 62.5 Å². The van der Waals surface area contributed by atoms with Gasteiger partial charge in [-0.3, -0.25) is 0 Å². The molecule has 0 aliphatic heterocycles. The monoisotopic (exact) mass is 720 g/mol. The van der Waals surface area contributed by atoms with E-state index in [1.54, 1.807) is 0 Å². The van der Waals surface area contributed by atoms with Crippen molar-refractivity contribution >= 4 is 7.26 Å². The van der Waals surface area contributed by atoms with Gasteiger partial charge in [0.05, 0.1) is 26.0 Å². The Hall–Kier alpha value is -0.950. The van der Waals surface area contributed by atoms with Crippen LogP contribution in [0.2, 0.25) is 0 Å². The van der Waals surface area contributed by atoms with Crippen LogP contribution in [0.15, 0.2) is 12.1 Å². The highest BCUT2D eigenvalue weighted by atomic mass is 31.2. The fraction of sp³-hybridized carbons (Fsp3) is 0.870. The molecule has 3 nitrogen and oxygen atoms in total. The third-order valence-electron chi connectivity index (χ3n) is 9.99. The quantitative estimate of drug-likeness (QED) is 0.0503. The highest BCUT2D eigenvalue weighted by Gasteiger charge is 2.22. The normalized spacial score (nSPS) is 11.7. The molecule has 0 fully saturated rings. The molecule has 0 aromatic heterocycles.